The van der Waals surface area contributed by atoms with E-state index in [1.54, 1.807) is 6.26 Å². The number of nitrogens with one attached hydrogen (secondary N) is 1. The monoisotopic (exact) mass is 219 g/mol. The van der Waals surface area contributed by atoms with Gasteiger partial charge in [0.25, 0.3) is 0 Å². The van der Waals surface area contributed by atoms with Crippen LogP contribution >= 0.6 is 0 Å². The van der Waals surface area contributed by atoms with Gasteiger partial charge in [0.15, 0.2) is 0 Å². The van der Waals surface area contributed by atoms with Crippen molar-refractivity contribution in [3.63, 3.8) is 0 Å². The Labute approximate surface area is 89.1 Å². The van der Waals surface area contributed by atoms with Gasteiger partial charge in [-0.15, -0.1) is 0 Å². The number of rotatable bonds is 7. The average molecular weight is 219 g/mol. The highest BCUT2D eigenvalue weighted by atomic mass is 32.2. The molecule has 0 saturated heterocycles. The quantitative estimate of drug-likeness (QED) is 0.647. The first-order valence-corrected chi connectivity index (χ1v) is 7.10. The first kappa shape index (κ1) is 12.1. The van der Waals surface area contributed by atoms with Crippen LogP contribution in [0.25, 0.3) is 0 Å². The molecular weight excluding hydrogens is 198 g/mol. The van der Waals surface area contributed by atoms with Gasteiger partial charge in [-0.2, -0.15) is 0 Å². The Balaban J connectivity index is 1.88. The minimum absolute atomic E-state index is 0.484. The molecule has 0 aromatic rings. The van der Waals surface area contributed by atoms with E-state index in [2.05, 4.69) is 5.32 Å². The third-order valence-electron chi connectivity index (χ3n) is 2.54. The van der Waals surface area contributed by atoms with Gasteiger partial charge in [0.2, 0.25) is 0 Å². The summed E-state index contributed by atoms with van der Waals surface area (Å²) in [5.41, 5.74) is 0. The standard InChI is InChI=1S/C10H21NO2S/c1-3-13-10-7-9(8-10)11-5-4-6-14(2)12/h9-11H,3-8H2,1-2H3. The van der Waals surface area contributed by atoms with E-state index in [4.69, 9.17) is 4.74 Å². The third kappa shape index (κ3) is 4.53. The van der Waals surface area contributed by atoms with Gasteiger partial charge in [-0.1, -0.05) is 0 Å². The predicted molar refractivity (Wildman–Crippen MR) is 60.0 cm³/mol. The molecular formula is C10H21NO2S. The second kappa shape index (κ2) is 6.53. The molecule has 0 radical (unpaired) electrons. The molecule has 1 fully saturated rings. The fourth-order valence-corrected chi connectivity index (χ4v) is 2.24. The zero-order chi connectivity index (χ0) is 10.4. The minimum Gasteiger partial charge on any atom is -0.378 e. The number of hydrogen-bond donors (Lipinski definition) is 1. The Bertz CT molecular complexity index is 181. The molecule has 1 rings (SSSR count). The maximum absolute atomic E-state index is 10.8. The summed E-state index contributed by atoms with van der Waals surface area (Å²) < 4.78 is 16.2. The summed E-state index contributed by atoms with van der Waals surface area (Å²) in [7, 11) is -0.639. The lowest BCUT2D eigenvalue weighted by molar-refractivity contribution is -0.00965. The van der Waals surface area contributed by atoms with Crippen LogP contribution in [0.15, 0.2) is 0 Å². The molecule has 1 N–H and O–H groups in total. The fraction of sp³-hybridized carbons (Fsp3) is 1.00. The summed E-state index contributed by atoms with van der Waals surface area (Å²) in [6, 6.07) is 0.636. The van der Waals surface area contributed by atoms with Crippen LogP contribution in [0.3, 0.4) is 0 Å². The van der Waals surface area contributed by atoms with Crippen LogP contribution in [0.2, 0.25) is 0 Å². The van der Waals surface area contributed by atoms with Crippen LogP contribution in [-0.2, 0) is 15.5 Å². The minimum atomic E-state index is -0.639. The third-order valence-corrected chi connectivity index (χ3v) is 3.40. The molecule has 3 nitrogen and oxygen atoms in total. The summed E-state index contributed by atoms with van der Waals surface area (Å²) in [4.78, 5) is 0. The molecule has 0 aromatic carbocycles. The first-order valence-electron chi connectivity index (χ1n) is 5.37. The van der Waals surface area contributed by atoms with Gasteiger partial charge in [0.05, 0.1) is 6.10 Å². The van der Waals surface area contributed by atoms with Crippen LogP contribution < -0.4 is 5.32 Å². The molecule has 1 unspecified atom stereocenters. The lowest BCUT2D eigenvalue weighted by Crippen LogP contribution is -2.45. The maximum atomic E-state index is 10.8. The van der Waals surface area contributed by atoms with E-state index in [-0.39, 0.29) is 0 Å². The molecule has 0 amide bonds. The Morgan fingerprint density at radius 1 is 1.50 bits per heavy atom. The highest BCUT2D eigenvalue weighted by Crippen LogP contribution is 2.22. The SMILES string of the molecule is CCOC1CC(NCCCS(C)=O)C1. The van der Waals surface area contributed by atoms with E-state index in [0.717, 1.165) is 38.2 Å². The van der Waals surface area contributed by atoms with Gasteiger partial charge in [0, 0.05) is 35.5 Å². The van der Waals surface area contributed by atoms with Crippen LogP contribution in [-0.4, -0.2) is 41.5 Å². The zero-order valence-electron chi connectivity index (χ0n) is 9.12. The largest absolute Gasteiger partial charge is 0.378 e. The van der Waals surface area contributed by atoms with Crippen LogP contribution in [0.4, 0.5) is 0 Å². The molecule has 84 valence electrons. The van der Waals surface area contributed by atoms with Gasteiger partial charge in [-0.3, -0.25) is 4.21 Å². The molecule has 0 aliphatic heterocycles. The summed E-state index contributed by atoms with van der Waals surface area (Å²) in [6.45, 7) is 3.85. The Morgan fingerprint density at radius 3 is 2.79 bits per heavy atom. The Hall–Kier alpha value is 0.0700. The van der Waals surface area contributed by atoms with E-state index >= 15 is 0 Å². The van der Waals surface area contributed by atoms with Gasteiger partial charge in [-0.25, -0.2) is 0 Å². The summed E-state index contributed by atoms with van der Waals surface area (Å²) in [6.07, 6.45) is 5.54. The lowest BCUT2D eigenvalue weighted by atomic mass is 9.89. The molecule has 14 heavy (non-hydrogen) atoms. The van der Waals surface area contributed by atoms with Gasteiger partial charge in [-0.05, 0) is 32.7 Å². The van der Waals surface area contributed by atoms with E-state index in [1.807, 2.05) is 6.92 Å². The van der Waals surface area contributed by atoms with Crippen molar-refractivity contribution in [2.45, 2.75) is 38.3 Å². The molecule has 1 aliphatic carbocycles. The van der Waals surface area contributed by atoms with Crippen molar-refractivity contribution in [1.29, 1.82) is 0 Å². The maximum Gasteiger partial charge on any atom is 0.0604 e. The predicted octanol–water partition coefficient (Wildman–Crippen LogP) is 0.912. The zero-order valence-corrected chi connectivity index (χ0v) is 9.94. The Morgan fingerprint density at radius 2 is 2.21 bits per heavy atom. The molecule has 1 aliphatic rings. The summed E-state index contributed by atoms with van der Waals surface area (Å²) in [5, 5.41) is 3.45. The van der Waals surface area contributed by atoms with Gasteiger partial charge >= 0.3 is 0 Å². The van der Waals surface area contributed by atoms with Gasteiger partial charge in [0.1, 0.15) is 0 Å². The van der Waals surface area contributed by atoms with Crippen molar-refractivity contribution in [2.24, 2.45) is 0 Å². The average Bonchev–Trinajstić information content (AvgIpc) is 2.06. The highest BCUT2D eigenvalue weighted by Gasteiger charge is 2.28. The lowest BCUT2D eigenvalue weighted by Gasteiger charge is -2.35. The van der Waals surface area contributed by atoms with E-state index < -0.39 is 10.8 Å². The number of ether oxygens (including phenoxy) is 1. The highest BCUT2D eigenvalue weighted by molar-refractivity contribution is 7.84. The van der Waals surface area contributed by atoms with Crippen LogP contribution in [0.1, 0.15) is 26.2 Å². The van der Waals surface area contributed by atoms with Gasteiger partial charge < -0.3 is 10.1 Å². The fourth-order valence-electron chi connectivity index (χ4n) is 1.69. The normalized spacial score (nSPS) is 28.4. The molecule has 1 saturated carbocycles. The van der Waals surface area contributed by atoms with Crippen LogP contribution in [0, 0.1) is 0 Å². The molecule has 4 heteroatoms. The number of hydrogen-bond acceptors (Lipinski definition) is 3. The molecule has 0 heterocycles. The van der Waals surface area contributed by atoms with Crippen molar-refractivity contribution >= 4 is 10.8 Å². The van der Waals surface area contributed by atoms with Crippen molar-refractivity contribution < 1.29 is 8.95 Å². The van der Waals surface area contributed by atoms with Crippen molar-refractivity contribution in [2.75, 3.05) is 25.2 Å². The van der Waals surface area contributed by atoms with E-state index in [0.29, 0.717) is 12.1 Å². The Kier molecular flexibility index (Phi) is 5.67. The summed E-state index contributed by atoms with van der Waals surface area (Å²) in [5.74, 6) is 0.814. The first-order chi connectivity index (χ1) is 6.72. The van der Waals surface area contributed by atoms with Crippen LogP contribution in [0.5, 0.6) is 0 Å². The molecule has 0 aromatic heterocycles. The summed E-state index contributed by atoms with van der Waals surface area (Å²) >= 11 is 0. The van der Waals surface area contributed by atoms with Crippen molar-refractivity contribution in [3.8, 4) is 0 Å². The van der Waals surface area contributed by atoms with Crippen molar-refractivity contribution in [3.05, 3.63) is 0 Å². The second-order valence-corrected chi connectivity index (χ2v) is 5.39. The molecule has 1 atom stereocenters. The molecule has 0 bridgehead atoms. The van der Waals surface area contributed by atoms with Crippen molar-refractivity contribution in [1.82, 2.24) is 5.32 Å². The topological polar surface area (TPSA) is 38.3 Å². The smallest absolute Gasteiger partial charge is 0.0604 e. The van der Waals surface area contributed by atoms with E-state index in [9.17, 15) is 4.21 Å². The molecule has 0 spiro atoms. The van der Waals surface area contributed by atoms with E-state index in [1.165, 1.54) is 0 Å². The second-order valence-electron chi connectivity index (χ2n) is 3.83.